The first-order valence-electron chi connectivity index (χ1n) is 23.5. The summed E-state index contributed by atoms with van der Waals surface area (Å²) in [5, 5.41) is 44.2. The Hall–Kier alpha value is 0.620. The van der Waals surface area contributed by atoms with Crippen molar-refractivity contribution in [2.24, 2.45) is 5.41 Å². The lowest BCUT2D eigenvalue weighted by Crippen LogP contribution is -2.44. The van der Waals surface area contributed by atoms with Crippen LogP contribution in [0.15, 0.2) is 0 Å². The fourth-order valence-corrected chi connectivity index (χ4v) is 13.2. The Morgan fingerprint density at radius 3 is 0.736 bits per heavy atom. The number of rotatable bonds is 36. The summed E-state index contributed by atoms with van der Waals surface area (Å²) in [4.78, 5) is 0. The number of aliphatic hydroxyl groups is 4. The zero-order valence-corrected chi connectivity index (χ0v) is 37.0. The molecule has 2 aliphatic rings. The molecule has 0 bridgehead atoms. The van der Waals surface area contributed by atoms with Crippen molar-refractivity contribution in [3.8, 4) is 0 Å². The quantitative estimate of drug-likeness (QED) is 0.0373. The van der Waals surface area contributed by atoms with Gasteiger partial charge < -0.3 is 29.5 Å². The minimum atomic E-state index is -1.33. The smallest absolute Gasteiger partial charge is 0.101 e. The van der Waals surface area contributed by atoms with Gasteiger partial charge >= 0.3 is 0 Å². The van der Waals surface area contributed by atoms with Crippen molar-refractivity contribution in [3.05, 3.63) is 0 Å². The van der Waals surface area contributed by atoms with E-state index in [9.17, 15) is 20.4 Å². The maximum absolute atomic E-state index is 11.1. The summed E-state index contributed by atoms with van der Waals surface area (Å²) >= 11 is 0. The first-order valence-corrected chi connectivity index (χ1v) is 26.3. The Morgan fingerprint density at radius 2 is 0.528 bits per heavy atom. The zero-order chi connectivity index (χ0) is 38.2. The van der Waals surface area contributed by atoms with Crippen molar-refractivity contribution >= 4 is 16.3 Å². The molecule has 0 amide bonds. The first-order chi connectivity index (χ1) is 25.9. The molecule has 2 aliphatic heterocycles. The van der Waals surface area contributed by atoms with Crippen molar-refractivity contribution in [1.82, 2.24) is 0 Å². The van der Waals surface area contributed by atoms with Gasteiger partial charge in [0.1, 0.15) is 23.4 Å². The van der Waals surface area contributed by atoms with E-state index >= 15 is 0 Å². The van der Waals surface area contributed by atoms with Crippen molar-refractivity contribution in [2.75, 3.05) is 13.2 Å². The molecule has 4 unspecified atom stereocenters. The van der Waals surface area contributed by atoms with Gasteiger partial charge in [-0.25, -0.2) is 0 Å². The number of hydrogen-bond donors (Lipinski definition) is 4. The highest BCUT2D eigenvalue weighted by atomic mass is 31.1. The average Bonchev–Trinajstić information content (AvgIpc) is 3.12. The van der Waals surface area contributed by atoms with E-state index in [1.54, 1.807) is 0 Å². The second-order valence-corrected chi connectivity index (χ2v) is 21.6. The largest absolute Gasteiger partial charge is 0.386 e. The molecule has 1 spiro atoms. The molecule has 4 N–H and O–H groups in total. The Balaban J connectivity index is 1.44. The summed E-state index contributed by atoms with van der Waals surface area (Å²) in [6.45, 7) is 5.75. The average molecular weight is 789 g/mol. The van der Waals surface area contributed by atoms with Gasteiger partial charge in [0.2, 0.25) is 0 Å². The van der Waals surface area contributed by atoms with Crippen LogP contribution >= 0.6 is 16.3 Å². The van der Waals surface area contributed by atoms with Crippen LogP contribution in [0.2, 0.25) is 0 Å². The van der Waals surface area contributed by atoms with Gasteiger partial charge in [-0.15, -0.1) is 0 Å². The van der Waals surface area contributed by atoms with E-state index in [2.05, 4.69) is 13.8 Å². The second-order valence-electron chi connectivity index (χ2n) is 17.2. The van der Waals surface area contributed by atoms with E-state index in [1.807, 2.05) is 0 Å². The van der Waals surface area contributed by atoms with Gasteiger partial charge in [-0.05, 0) is 43.9 Å². The Labute approximate surface area is 331 Å². The summed E-state index contributed by atoms with van der Waals surface area (Å²) < 4.78 is 12.2. The standard InChI is InChI=1S/C45H90O6P2/c1-3-5-7-9-11-13-15-17-19-21-23-25-27-29-31-33-35-50-52-41(46)37-45(38-42(52)47)39-43(48)53(44(49)40-45)51-36-34-32-30-28-26-24-22-20-18-16-14-12-10-8-6-4-2/h41-44,46-49H,3-40H2,1-2H3. The van der Waals surface area contributed by atoms with Crippen LogP contribution in [-0.4, -0.2) is 57.0 Å². The molecule has 0 radical (unpaired) electrons. The van der Waals surface area contributed by atoms with E-state index < -0.39 is 45.1 Å². The molecule has 2 heterocycles. The molecule has 8 heteroatoms. The molecular formula is C45H90O6P2. The molecular weight excluding hydrogens is 698 g/mol. The molecule has 0 aromatic rings. The van der Waals surface area contributed by atoms with Crippen LogP contribution in [0, 0.1) is 5.41 Å². The number of unbranched alkanes of at least 4 members (excludes halogenated alkanes) is 30. The van der Waals surface area contributed by atoms with Crippen molar-refractivity contribution < 1.29 is 29.5 Å². The molecule has 0 aliphatic carbocycles. The fourth-order valence-electron chi connectivity index (χ4n) is 8.79. The van der Waals surface area contributed by atoms with Crippen LogP contribution in [0.1, 0.15) is 245 Å². The van der Waals surface area contributed by atoms with Crippen molar-refractivity contribution in [1.29, 1.82) is 0 Å². The molecule has 2 fully saturated rings. The molecule has 0 aromatic carbocycles. The molecule has 316 valence electrons. The summed E-state index contributed by atoms with van der Waals surface area (Å²) in [6, 6.07) is 0. The molecule has 0 aromatic heterocycles. The molecule has 4 atom stereocenters. The molecule has 53 heavy (non-hydrogen) atoms. The highest BCUT2D eigenvalue weighted by molar-refractivity contribution is 7.54. The van der Waals surface area contributed by atoms with E-state index in [0.717, 1.165) is 25.7 Å². The zero-order valence-electron chi connectivity index (χ0n) is 35.2. The topological polar surface area (TPSA) is 99.4 Å². The third-order valence-electron chi connectivity index (χ3n) is 12.1. The SMILES string of the molecule is CCCCCCCCCCCCCCCCCCOP1C(O)CC2(CC1O)CC(O)P(OCCCCCCCCCCCCCCCCCC)C(O)C2. The van der Waals surface area contributed by atoms with Crippen LogP contribution in [0.5, 0.6) is 0 Å². The van der Waals surface area contributed by atoms with Gasteiger partial charge in [0, 0.05) is 0 Å². The van der Waals surface area contributed by atoms with E-state index in [-0.39, 0.29) is 0 Å². The maximum Gasteiger partial charge on any atom is 0.101 e. The monoisotopic (exact) mass is 789 g/mol. The molecule has 6 nitrogen and oxygen atoms in total. The lowest BCUT2D eigenvalue weighted by atomic mass is 9.75. The summed E-state index contributed by atoms with van der Waals surface area (Å²) in [5.74, 6) is -2.87. The van der Waals surface area contributed by atoms with Crippen LogP contribution in [-0.2, 0) is 9.05 Å². The van der Waals surface area contributed by atoms with Crippen molar-refractivity contribution in [2.45, 2.75) is 268 Å². The van der Waals surface area contributed by atoms with Crippen molar-refractivity contribution in [3.63, 3.8) is 0 Å². The predicted molar refractivity (Wildman–Crippen MR) is 230 cm³/mol. The number of aliphatic hydroxyl groups excluding tert-OH is 4. The first kappa shape index (κ1) is 49.8. The second kappa shape index (κ2) is 33.6. The molecule has 2 saturated heterocycles. The lowest BCUT2D eigenvalue weighted by Gasteiger charge is -2.50. The minimum Gasteiger partial charge on any atom is -0.386 e. The third kappa shape index (κ3) is 24.2. The van der Waals surface area contributed by atoms with Crippen LogP contribution in [0.4, 0.5) is 0 Å². The Kier molecular flexibility index (Phi) is 31.5. The van der Waals surface area contributed by atoms with Gasteiger partial charge in [-0.3, -0.25) is 0 Å². The predicted octanol–water partition coefficient (Wildman–Crippen LogP) is 14.2. The van der Waals surface area contributed by atoms with Gasteiger partial charge in [-0.2, -0.15) is 0 Å². The highest BCUT2D eigenvalue weighted by Crippen LogP contribution is 2.66. The highest BCUT2D eigenvalue weighted by Gasteiger charge is 2.52. The van der Waals surface area contributed by atoms with Crippen LogP contribution in [0.3, 0.4) is 0 Å². The Bertz CT molecular complexity index is 713. The van der Waals surface area contributed by atoms with Gasteiger partial charge in [0.25, 0.3) is 0 Å². The maximum atomic E-state index is 11.1. The van der Waals surface area contributed by atoms with Gasteiger partial charge in [-0.1, -0.05) is 206 Å². The summed E-state index contributed by atoms with van der Waals surface area (Å²) in [7, 11) is -2.67. The molecule has 2 rings (SSSR count). The fraction of sp³-hybridized carbons (Fsp3) is 1.00. The van der Waals surface area contributed by atoms with Gasteiger partial charge in [0.05, 0.1) is 29.5 Å². The summed E-state index contributed by atoms with van der Waals surface area (Å²) in [6.07, 6.45) is 44.6. The van der Waals surface area contributed by atoms with E-state index in [4.69, 9.17) is 9.05 Å². The summed E-state index contributed by atoms with van der Waals surface area (Å²) in [5.41, 5.74) is -0.454. The Morgan fingerprint density at radius 1 is 0.340 bits per heavy atom. The third-order valence-corrected chi connectivity index (χ3v) is 16.2. The van der Waals surface area contributed by atoms with E-state index in [1.165, 1.54) is 180 Å². The molecule has 0 saturated carbocycles. The lowest BCUT2D eigenvalue weighted by molar-refractivity contribution is -0.00237. The van der Waals surface area contributed by atoms with Crippen LogP contribution < -0.4 is 0 Å². The normalized spacial score (nSPS) is 26.2. The minimum absolute atomic E-state index is 0.454. The van der Waals surface area contributed by atoms with Gasteiger partial charge in [0.15, 0.2) is 0 Å². The van der Waals surface area contributed by atoms with Crippen LogP contribution in [0.25, 0.3) is 0 Å². The number of hydrogen-bond acceptors (Lipinski definition) is 6. The van der Waals surface area contributed by atoms with E-state index in [0.29, 0.717) is 38.9 Å².